The average Bonchev–Trinajstić information content (AvgIpc) is 2.76. The molecule has 4 nitrogen and oxygen atoms in total. The average molecular weight is 428 g/mol. The van der Waals surface area contributed by atoms with Crippen molar-refractivity contribution < 1.29 is 22.7 Å². The van der Waals surface area contributed by atoms with Crippen molar-refractivity contribution in [2.45, 2.75) is 38.6 Å². The molecule has 31 heavy (non-hydrogen) atoms. The van der Waals surface area contributed by atoms with E-state index in [1.54, 1.807) is 0 Å². The Balaban J connectivity index is 1.76. The lowest BCUT2D eigenvalue weighted by molar-refractivity contribution is -0.137. The summed E-state index contributed by atoms with van der Waals surface area (Å²) in [6.45, 7) is 2.15. The molecule has 0 aromatic heterocycles. The van der Waals surface area contributed by atoms with Crippen molar-refractivity contribution in [2.24, 2.45) is 0 Å². The van der Waals surface area contributed by atoms with Crippen LogP contribution in [0.4, 0.5) is 13.2 Å². The predicted octanol–water partition coefficient (Wildman–Crippen LogP) is 5.72. The fraction of sp³-hybridized carbons (Fsp3) is 0.250. The molecule has 0 radical (unpaired) electrons. The fourth-order valence-corrected chi connectivity index (χ4v) is 3.39. The number of carbonyl (C=O) groups is 1. The van der Waals surface area contributed by atoms with Gasteiger partial charge in [0.05, 0.1) is 5.56 Å². The molecule has 0 aliphatic rings. The lowest BCUT2D eigenvalue weighted by atomic mass is 10.0. The van der Waals surface area contributed by atoms with Gasteiger partial charge in [-0.3, -0.25) is 4.79 Å². The molecule has 0 fully saturated rings. The Labute approximate surface area is 178 Å². The normalized spacial score (nSPS) is 12.4. The number of rotatable bonds is 8. The molecule has 3 aromatic rings. The zero-order valence-corrected chi connectivity index (χ0v) is 17.0. The zero-order chi connectivity index (χ0) is 22.4. The van der Waals surface area contributed by atoms with Gasteiger partial charge < -0.3 is 15.5 Å². The maximum Gasteiger partial charge on any atom is 0.417 e. The minimum atomic E-state index is -4.62. The van der Waals surface area contributed by atoms with Crippen LogP contribution in [-0.4, -0.2) is 18.2 Å². The number of ether oxygens (including phenoxy) is 1. The van der Waals surface area contributed by atoms with Gasteiger partial charge in [0.2, 0.25) is 0 Å². The van der Waals surface area contributed by atoms with Crippen LogP contribution in [0.2, 0.25) is 0 Å². The first-order chi connectivity index (χ1) is 14.8. The van der Waals surface area contributed by atoms with Crippen molar-refractivity contribution >= 4 is 22.9 Å². The van der Waals surface area contributed by atoms with Crippen molar-refractivity contribution in [3.8, 4) is 5.75 Å². The zero-order valence-electron chi connectivity index (χ0n) is 17.0. The number of hydrogen-bond donors (Lipinski definition) is 2. The van der Waals surface area contributed by atoms with Gasteiger partial charge in [-0.25, -0.2) is 0 Å². The van der Waals surface area contributed by atoms with Gasteiger partial charge in [0, 0.05) is 18.3 Å². The molecule has 7 heteroatoms. The summed E-state index contributed by atoms with van der Waals surface area (Å²) < 4.78 is 45.4. The summed E-state index contributed by atoms with van der Waals surface area (Å²) in [6.07, 6.45) is -3.92. The second-order valence-corrected chi connectivity index (χ2v) is 7.14. The van der Waals surface area contributed by atoms with Crippen LogP contribution in [-0.2, 0) is 17.5 Å². The number of carbonyl (C=O) groups excluding carboxylic acids is 1. The Bertz CT molecular complexity index is 1070. The van der Waals surface area contributed by atoms with Gasteiger partial charge in [-0.05, 0) is 41.0 Å². The van der Waals surface area contributed by atoms with E-state index in [1.807, 2.05) is 49.4 Å². The van der Waals surface area contributed by atoms with E-state index in [0.29, 0.717) is 19.1 Å². The van der Waals surface area contributed by atoms with Crippen LogP contribution in [0.15, 0.2) is 60.7 Å². The molecule has 1 unspecified atom stereocenters. The fourth-order valence-electron chi connectivity index (χ4n) is 3.39. The number of halogens is 3. The van der Waals surface area contributed by atoms with Crippen molar-refractivity contribution in [1.29, 1.82) is 5.41 Å². The summed E-state index contributed by atoms with van der Waals surface area (Å²) in [4.78, 5) is 12.8. The summed E-state index contributed by atoms with van der Waals surface area (Å²) in [5, 5.41) is 12.1. The van der Waals surface area contributed by atoms with Gasteiger partial charge in [-0.2, -0.15) is 13.2 Å². The molecule has 0 spiro atoms. The smallest absolute Gasteiger partial charge is 0.417 e. The maximum absolute atomic E-state index is 13.3. The second kappa shape index (κ2) is 9.64. The molecule has 1 amide bonds. The van der Waals surface area contributed by atoms with Crippen LogP contribution >= 0.6 is 0 Å². The van der Waals surface area contributed by atoms with E-state index in [1.165, 1.54) is 12.1 Å². The molecule has 3 aromatic carbocycles. The van der Waals surface area contributed by atoms with Gasteiger partial charge in [-0.1, -0.05) is 55.8 Å². The molecular weight excluding hydrogens is 405 g/mol. The van der Waals surface area contributed by atoms with Crippen LogP contribution in [0.3, 0.4) is 0 Å². The molecule has 0 aliphatic carbocycles. The molecule has 0 saturated carbocycles. The Morgan fingerprint density at radius 3 is 2.58 bits per heavy atom. The van der Waals surface area contributed by atoms with Gasteiger partial charge in [0.15, 0.2) is 6.10 Å². The minimum absolute atomic E-state index is 0.0586. The highest BCUT2D eigenvalue weighted by molar-refractivity contribution is 5.87. The Morgan fingerprint density at radius 1 is 1.13 bits per heavy atom. The number of fused-ring (bicyclic) bond motifs is 1. The van der Waals surface area contributed by atoms with Gasteiger partial charge in [0.25, 0.3) is 5.91 Å². The lowest BCUT2D eigenvalue weighted by Gasteiger charge is -2.20. The van der Waals surface area contributed by atoms with E-state index in [-0.39, 0.29) is 23.8 Å². The summed E-state index contributed by atoms with van der Waals surface area (Å²) in [5.41, 5.74) is -0.282. The Hall–Kier alpha value is -3.35. The number of alkyl halides is 3. The SMILES string of the molecule is CCCC(Oc1ccc(C=N)c(C(F)(F)F)c1)C(=O)NCc1cccc2ccccc12. The third-order valence-electron chi connectivity index (χ3n) is 4.94. The van der Waals surface area contributed by atoms with Crippen LogP contribution in [0.1, 0.15) is 36.5 Å². The van der Waals surface area contributed by atoms with Gasteiger partial charge in [0.1, 0.15) is 5.75 Å². The van der Waals surface area contributed by atoms with Crippen LogP contribution < -0.4 is 10.1 Å². The van der Waals surface area contributed by atoms with Crippen LogP contribution in [0.25, 0.3) is 10.8 Å². The first kappa shape index (κ1) is 22.3. The number of hydrogen-bond acceptors (Lipinski definition) is 3. The summed E-state index contributed by atoms with van der Waals surface area (Å²) in [5.74, 6) is -0.448. The van der Waals surface area contributed by atoms with Crippen molar-refractivity contribution in [3.63, 3.8) is 0 Å². The third kappa shape index (κ3) is 5.42. The molecule has 162 valence electrons. The maximum atomic E-state index is 13.3. The van der Waals surface area contributed by atoms with E-state index in [2.05, 4.69) is 5.32 Å². The number of benzene rings is 3. The Morgan fingerprint density at radius 2 is 1.87 bits per heavy atom. The quantitative estimate of drug-likeness (QED) is 0.451. The standard InChI is InChI=1S/C24H23F3N2O2/c1-2-6-22(31-19-12-11-17(14-28)21(13-19)24(25,26)27)23(30)29-15-18-9-5-8-16-7-3-4-10-20(16)18/h3-5,7-14,22,28H,2,6,15H2,1H3,(H,29,30). The van der Waals surface area contributed by atoms with E-state index in [9.17, 15) is 18.0 Å². The minimum Gasteiger partial charge on any atom is -0.481 e. The molecule has 1 atom stereocenters. The highest BCUT2D eigenvalue weighted by Gasteiger charge is 2.33. The van der Waals surface area contributed by atoms with E-state index < -0.39 is 17.8 Å². The lowest BCUT2D eigenvalue weighted by Crippen LogP contribution is -2.38. The van der Waals surface area contributed by atoms with E-state index >= 15 is 0 Å². The first-order valence-corrected chi connectivity index (χ1v) is 9.96. The van der Waals surface area contributed by atoms with Crippen molar-refractivity contribution in [3.05, 3.63) is 77.4 Å². The predicted molar refractivity (Wildman–Crippen MR) is 114 cm³/mol. The molecule has 0 heterocycles. The summed E-state index contributed by atoms with van der Waals surface area (Å²) in [7, 11) is 0. The number of amides is 1. The molecule has 3 rings (SSSR count). The van der Waals surface area contributed by atoms with Crippen LogP contribution in [0, 0.1) is 5.41 Å². The topological polar surface area (TPSA) is 62.2 Å². The van der Waals surface area contributed by atoms with Gasteiger partial charge >= 0.3 is 6.18 Å². The van der Waals surface area contributed by atoms with Crippen molar-refractivity contribution in [2.75, 3.05) is 0 Å². The van der Waals surface area contributed by atoms with E-state index in [0.717, 1.165) is 22.4 Å². The van der Waals surface area contributed by atoms with Crippen LogP contribution in [0.5, 0.6) is 5.75 Å². The molecule has 0 aliphatic heterocycles. The summed E-state index contributed by atoms with van der Waals surface area (Å²) >= 11 is 0. The molecule has 0 bridgehead atoms. The van der Waals surface area contributed by atoms with Gasteiger partial charge in [-0.15, -0.1) is 0 Å². The monoisotopic (exact) mass is 428 g/mol. The van der Waals surface area contributed by atoms with Crippen molar-refractivity contribution in [1.82, 2.24) is 5.32 Å². The Kier molecular flexibility index (Phi) is 6.95. The largest absolute Gasteiger partial charge is 0.481 e. The highest BCUT2D eigenvalue weighted by atomic mass is 19.4. The molecular formula is C24H23F3N2O2. The third-order valence-corrected chi connectivity index (χ3v) is 4.94. The second-order valence-electron chi connectivity index (χ2n) is 7.14. The summed E-state index contributed by atoms with van der Waals surface area (Å²) in [6, 6.07) is 17.0. The molecule has 0 saturated heterocycles. The first-order valence-electron chi connectivity index (χ1n) is 9.96. The molecule has 2 N–H and O–H groups in total. The highest BCUT2D eigenvalue weighted by Crippen LogP contribution is 2.34. The van der Waals surface area contributed by atoms with E-state index in [4.69, 9.17) is 10.1 Å². The number of nitrogens with one attached hydrogen (secondary N) is 2.